The number of hydrogen-bond acceptors (Lipinski definition) is 4. The predicted molar refractivity (Wildman–Crippen MR) is 107 cm³/mol. The summed E-state index contributed by atoms with van der Waals surface area (Å²) in [5, 5.41) is 15.1. The summed E-state index contributed by atoms with van der Waals surface area (Å²) in [4.78, 5) is 4.23. The molecule has 7 nitrogen and oxygen atoms in total. The van der Waals surface area contributed by atoms with Crippen molar-refractivity contribution >= 4 is 29.9 Å². The lowest BCUT2D eigenvalue weighted by atomic mass is 10.1. The molecule has 0 aliphatic carbocycles. The smallest absolute Gasteiger partial charge is 0.191 e. The van der Waals surface area contributed by atoms with Crippen molar-refractivity contribution in [2.24, 2.45) is 10.9 Å². The van der Waals surface area contributed by atoms with Gasteiger partial charge in [-0.3, -0.25) is 4.99 Å². The minimum atomic E-state index is 0. The largest absolute Gasteiger partial charge is 0.380 e. The monoisotopic (exact) mass is 450 g/mol. The molecule has 0 bridgehead atoms. The minimum absolute atomic E-state index is 0. The van der Waals surface area contributed by atoms with Gasteiger partial charge in [0.1, 0.15) is 5.82 Å². The summed E-state index contributed by atoms with van der Waals surface area (Å²) in [6.45, 7) is 8.32. The second kappa shape index (κ2) is 11.6. The first kappa shape index (κ1) is 21.1. The van der Waals surface area contributed by atoms with Gasteiger partial charge in [-0.2, -0.15) is 0 Å². The Bertz CT molecular complexity index is 503. The number of rotatable bonds is 8. The molecule has 0 radical (unpaired) electrons. The Morgan fingerprint density at radius 1 is 1.25 bits per heavy atom. The maximum absolute atomic E-state index is 5.59. The van der Waals surface area contributed by atoms with Gasteiger partial charge in [0.2, 0.25) is 0 Å². The van der Waals surface area contributed by atoms with E-state index in [0.29, 0.717) is 19.1 Å². The molecule has 24 heavy (non-hydrogen) atoms. The zero-order chi connectivity index (χ0) is 16.5. The molecule has 0 amide bonds. The van der Waals surface area contributed by atoms with Crippen LogP contribution in [-0.4, -0.2) is 47.5 Å². The molecule has 0 spiro atoms. The van der Waals surface area contributed by atoms with Crippen LogP contribution in [0, 0.1) is 5.92 Å². The molecule has 0 fully saturated rings. The summed E-state index contributed by atoms with van der Waals surface area (Å²) in [7, 11) is 1.77. The van der Waals surface area contributed by atoms with Crippen LogP contribution in [0.5, 0.6) is 0 Å². The van der Waals surface area contributed by atoms with E-state index in [1.54, 1.807) is 7.05 Å². The molecule has 2 rings (SSSR count). The highest BCUT2D eigenvalue weighted by atomic mass is 127. The van der Waals surface area contributed by atoms with E-state index in [1.807, 2.05) is 0 Å². The fourth-order valence-electron chi connectivity index (χ4n) is 2.55. The van der Waals surface area contributed by atoms with Gasteiger partial charge in [-0.05, 0) is 25.2 Å². The Kier molecular flexibility index (Phi) is 10.2. The molecule has 138 valence electrons. The highest BCUT2D eigenvalue weighted by molar-refractivity contribution is 14.0. The van der Waals surface area contributed by atoms with Crippen LogP contribution in [0.25, 0.3) is 0 Å². The summed E-state index contributed by atoms with van der Waals surface area (Å²) in [5.74, 6) is 3.54. The third kappa shape index (κ3) is 6.92. The fourth-order valence-corrected chi connectivity index (χ4v) is 2.55. The van der Waals surface area contributed by atoms with E-state index in [4.69, 9.17) is 4.74 Å². The van der Waals surface area contributed by atoms with Gasteiger partial charge >= 0.3 is 0 Å². The summed E-state index contributed by atoms with van der Waals surface area (Å²) < 4.78 is 7.81. The molecule has 0 saturated heterocycles. The van der Waals surface area contributed by atoms with Crippen LogP contribution < -0.4 is 10.6 Å². The van der Waals surface area contributed by atoms with Crippen molar-refractivity contribution in [3.63, 3.8) is 0 Å². The SMILES string of the molecule is CN=C(NCCOCCC(C)C)NCc1nnc2n1CCCC2.I. The third-order valence-electron chi connectivity index (χ3n) is 3.95. The first-order chi connectivity index (χ1) is 11.2. The van der Waals surface area contributed by atoms with Crippen molar-refractivity contribution in [2.75, 3.05) is 26.8 Å². The highest BCUT2D eigenvalue weighted by Gasteiger charge is 2.15. The van der Waals surface area contributed by atoms with Crippen molar-refractivity contribution in [1.29, 1.82) is 0 Å². The number of nitrogens with zero attached hydrogens (tertiary/aromatic N) is 4. The van der Waals surface area contributed by atoms with Gasteiger partial charge in [0.05, 0.1) is 13.2 Å². The van der Waals surface area contributed by atoms with Crippen LogP contribution in [0.3, 0.4) is 0 Å². The van der Waals surface area contributed by atoms with Crippen molar-refractivity contribution in [3.05, 3.63) is 11.6 Å². The molecule has 2 N–H and O–H groups in total. The van der Waals surface area contributed by atoms with Crippen molar-refractivity contribution in [3.8, 4) is 0 Å². The molecule has 0 unspecified atom stereocenters. The molecular weight excluding hydrogens is 419 g/mol. The highest BCUT2D eigenvalue weighted by Crippen LogP contribution is 2.13. The Labute approximate surface area is 162 Å². The average molecular weight is 450 g/mol. The molecule has 0 atom stereocenters. The first-order valence-corrected chi connectivity index (χ1v) is 8.64. The molecule has 0 saturated carbocycles. The quantitative estimate of drug-likeness (QED) is 0.274. The molecule has 2 heterocycles. The third-order valence-corrected chi connectivity index (χ3v) is 3.95. The summed E-state index contributed by atoms with van der Waals surface area (Å²) in [6.07, 6.45) is 4.56. The van der Waals surface area contributed by atoms with E-state index in [9.17, 15) is 0 Å². The van der Waals surface area contributed by atoms with E-state index in [-0.39, 0.29) is 24.0 Å². The maximum atomic E-state index is 5.59. The lowest BCUT2D eigenvalue weighted by molar-refractivity contribution is 0.128. The second-order valence-electron chi connectivity index (χ2n) is 6.29. The van der Waals surface area contributed by atoms with Gasteiger partial charge in [-0.1, -0.05) is 13.8 Å². The fraction of sp³-hybridized carbons (Fsp3) is 0.812. The normalized spacial score (nSPS) is 14.2. The lowest BCUT2D eigenvalue weighted by Crippen LogP contribution is -2.39. The Balaban J connectivity index is 0.00000288. The summed E-state index contributed by atoms with van der Waals surface area (Å²) in [5.41, 5.74) is 0. The molecule has 1 aromatic heterocycles. The number of hydrogen-bond donors (Lipinski definition) is 2. The van der Waals surface area contributed by atoms with Crippen molar-refractivity contribution < 1.29 is 4.74 Å². The van der Waals surface area contributed by atoms with Crippen LogP contribution in [0.15, 0.2) is 4.99 Å². The van der Waals surface area contributed by atoms with Gasteiger partial charge in [0, 0.05) is 33.2 Å². The second-order valence-corrected chi connectivity index (χ2v) is 6.29. The Hall–Kier alpha value is -0.900. The van der Waals surface area contributed by atoms with E-state index < -0.39 is 0 Å². The molecule has 8 heteroatoms. The van der Waals surface area contributed by atoms with E-state index >= 15 is 0 Å². The van der Waals surface area contributed by atoms with Crippen LogP contribution in [0.1, 0.15) is 44.8 Å². The van der Waals surface area contributed by atoms with Gasteiger partial charge < -0.3 is 19.9 Å². The van der Waals surface area contributed by atoms with Gasteiger partial charge in [0.15, 0.2) is 11.8 Å². The van der Waals surface area contributed by atoms with Gasteiger partial charge in [-0.15, -0.1) is 34.2 Å². The molecule has 1 aromatic rings. The standard InChI is InChI=1S/C16H30N6O.HI/c1-13(2)7-10-23-11-8-18-16(17-3)19-12-15-21-20-14-6-4-5-9-22(14)15;/h13H,4-12H2,1-3H3,(H2,17,18,19);1H. The van der Waals surface area contributed by atoms with Gasteiger partial charge in [0.25, 0.3) is 0 Å². The number of aromatic nitrogens is 3. The van der Waals surface area contributed by atoms with Crippen LogP contribution in [-0.2, 0) is 24.2 Å². The zero-order valence-corrected chi connectivity index (χ0v) is 17.4. The number of ether oxygens (including phenoxy) is 1. The van der Waals surface area contributed by atoms with E-state index in [0.717, 1.165) is 50.1 Å². The number of guanidine groups is 1. The van der Waals surface area contributed by atoms with E-state index in [2.05, 4.69) is 44.2 Å². The number of aliphatic imine (C=N–C) groups is 1. The van der Waals surface area contributed by atoms with Crippen molar-refractivity contribution in [1.82, 2.24) is 25.4 Å². The topological polar surface area (TPSA) is 76.4 Å². The van der Waals surface area contributed by atoms with Crippen LogP contribution >= 0.6 is 24.0 Å². The maximum Gasteiger partial charge on any atom is 0.191 e. The average Bonchev–Trinajstić information content (AvgIpc) is 2.96. The molecule has 1 aliphatic rings. The molecule has 0 aromatic carbocycles. The zero-order valence-electron chi connectivity index (χ0n) is 15.0. The first-order valence-electron chi connectivity index (χ1n) is 8.64. The molecular formula is C16H31IN6O. The Morgan fingerprint density at radius 3 is 2.83 bits per heavy atom. The van der Waals surface area contributed by atoms with E-state index in [1.165, 1.54) is 12.8 Å². The summed E-state index contributed by atoms with van der Waals surface area (Å²) >= 11 is 0. The number of fused-ring (bicyclic) bond motifs is 1. The van der Waals surface area contributed by atoms with Crippen molar-refractivity contribution in [2.45, 2.75) is 52.6 Å². The number of aryl methyl sites for hydroxylation is 1. The van der Waals surface area contributed by atoms with Crippen LogP contribution in [0.2, 0.25) is 0 Å². The van der Waals surface area contributed by atoms with Gasteiger partial charge in [-0.25, -0.2) is 0 Å². The predicted octanol–water partition coefficient (Wildman–Crippen LogP) is 1.96. The molecule has 1 aliphatic heterocycles. The summed E-state index contributed by atoms with van der Waals surface area (Å²) in [6, 6.07) is 0. The lowest BCUT2D eigenvalue weighted by Gasteiger charge is -2.16. The minimum Gasteiger partial charge on any atom is -0.380 e. The Morgan fingerprint density at radius 2 is 2.08 bits per heavy atom. The number of halogens is 1. The number of nitrogens with one attached hydrogen (secondary N) is 2. The van der Waals surface area contributed by atoms with Crippen LogP contribution in [0.4, 0.5) is 0 Å².